The van der Waals surface area contributed by atoms with Gasteiger partial charge in [-0.3, -0.25) is 4.79 Å². The van der Waals surface area contributed by atoms with Crippen molar-refractivity contribution in [1.82, 2.24) is 5.32 Å². The van der Waals surface area contributed by atoms with Gasteiger partial charge in [0.15, 0.2) is 0 Å². The lowest BCUT2D eigenvalue weighted by molar-refractivity contribution is -0.116. The van der Waals surface area contributed by atoms with Crippen molar-refractivity contribution in [3.63, 3.8) is 0 Å². The first-order chi connectivity index (χ1) is 10.6. The summed E-state index contributed by atoms with van der Waals surface area (Å²) >= 11 is 1.41. The van der Waals surface area contributed by atoms with Gasteiger partial charge >= 0.3 is 0 Å². The van der Waals surface area contributed by atoms with E-state index in [-0.39, 0.29) is 11.7 Å². The number of carbonyl (C=O) groups excluding carboxylic acids is 1. The summed E-state index contributed by atoms with van der Waals surface area (Å²) in [4.78, 5) is 12.8. The molecular weight excluding hydrogens is 297 g/mol. The average Bonchev–Trinajstić information content (AvgIpc) is 2.53. The van der Waals surface area contributed by atoms with Crippen molar-refractivity contribution in [2.45, 2.75) is 11.8 Å². The van der Waals surface area contributed by atoms with Gasteiger partial charge in [-0.1, -0.05) is 48.7 Å². The maximum atomic E-state index is 12.9. The van der Waals surface area contributed by atoms with Crippen LogP contribution in [-0.4, -0.2) is 5.91 Å². The maximum Gasteiger partial charge on any atom is 0.250 e. The molecular formula is C18H16FNOS. The van der Waals surface area contributed by atoms with Crippen molar-refractivity contribution in [3.8, 4) is 0 Å². The molecule has 1 N–H and O–H groups in total. The van der Waals surface area contributed by atoms with Crippen LogP contribution in [0.1, 0.15) is 12.5 Å². The monoisotopic (exact) mass is 313 g/mol. The fourth-order valence-corrected chi connectivity index (χ4v) is 2.40. The van der Waals surface area contributed by atoms with Crippen LogP contribution in [-0.2, 0) is 4.79 Å². The van der Waals surface area contributed by atoms with Gasteiger partial charge in [-0.05, 0) is 36.8 Å². The highest BCUT2D eigenvalue weighted by molar-refractivity contribution is 8.02. The molecule has 2 nitrogen and oxygen atoms in total. The van der Waals surface area contributed by atoms with Crippen LogP contribution in [0.4, 0.5) is 4.39 Å². The number of thioether (sulfide) groups is 1. The van der Waals surface area contributed by atoms with E-state index in [4.69, 9.17) is 0 Å². The van der Waals surface area contributed by atoms with Crippen molar-refractivity contribution < 1.29 is 9.18 Å². The van der Waals surface area contributed by atoms with Gasteiger partial charge in [0.05, 0.1) is 5.70 Å². The standard InChI is InChI=1S/C18H16FNOS/c1-13(2)18(21)20-17(14-6-4-3-5-7-14)12-22-16-10-8-15(19)9-11-16/h3-12H,1H2,2H3,(H,20,21). The lowest BCUT2D eigenvalue weighted by Gasteiger charge is -2.10. The Hall–Kier alpha value is -2.33. The molecule has 4 heteroatoms. The second-order valence-corrected chi connectivity index (χ2v) is 5.65. The summed E-state index contributed by atoms with van der Waals surface area (Å²) in [7, 11) is 0. The number of nitrogens with one attached hydrogen (secondary N) is 1. The van der Waals surface area contributed by atoms with Crippen molar-refractivity contribution in [3.05, 3.63) is 83.5 Å². The summed E-state index contributed by atoms with van der Waals surface area (Å²) in [6.07, 6.45) is 0. The van der Waals surface area contributed by atoms with Gasteiger partial charge in [-0.15, -0.1) is 0 Å². The molecule has 0 radical (unpaired) electrons. The summed E-state index contributed by atoms with van der Waals surface area (Å²) < 4.78 is 12.9. The van der Waals surface area contributed by atoms with Crippen LogP contribution in [0.25, 0.3) is 5.70 Å². The molecule has 0 bridgehead atoms. The van der Waals surface area contributed by atoms with Gasteiger partial charge in [0.1, 0.15) is 5.82 Å². The van der Waals surface area contributed by atoms with Gasteiger partial charge in [0.25, 0.3) is 5.91 Å². The molecule has 0 unspecified atom stereocenters. The molecule has 2 rings (SSSR count). The fourth-order valence-electron chi connectivity index (χ4n) is 1.66. The van der Waals surface area contributed by atoms with E-state index >= 15 is 0 Å². The molecule has 0 spiro atoms. The SMILES string of the molecule is C=C(C)C(=O)NC(=CSc1ccc(F)cc1)c1ccccc1. The minimum Gasteiger partial charge on any atom is -0.321 e. The minimum absolute atomic E-state index is 0.227. The molecule has 0 saturated carbocycles. The average molecular weight is 313 g/mol. The summed E-state index contributed by atoms with van der Waals surface area (Å²) in [5.74, 6) is -0.498. The Morgan fingerprint density at radius 3 is 2.36 bits per heavy atom. The highest BCUT2D eigenvalue weighted by atomic mass is 32.2. The van der Waals surface area contributed by atoms with Gasteiger partial charge in [0.2, 0.25) is 0 Å². The van der Waals surface area contributed by atoms with Gasteiger partial charge in [0, 0.05) is 15.9 Å². The first-order valence-electron chi connectivity index (χ1n) is 6.71. The number of hydrogen-bond donors (Lipinski definition) is 1. The second kappa shape index (κ2) is 7.61. The third-order valence-electron chi connectivity index (χ3n) is 2.85. The highest BCUT2D eigenvalue weighted by Gasteiger charge is 2.07. The highest BCUT2D eigenvalue weighted by Crippen LogP contribution is 2.24. The normalized spacial score (nSPS) is 11.1. The second-order valence-electron chi connectivity index (χ2n) is 4.70. The Labute approximate surface area is 133 Å². The summed E-state index contributed by atoms with van der Waals surface area (Å²) in [6, 6.07) is 15.7. The van der Waals surface area contributed by atoms with E-state index in [9.17, 15) is 9.18 Å². The molecule has 2 aromatic rings. The smallest absolute Gasteiger partial charge is 0.250 e. The van der Waals surface area contributed by atoms with Crippen LogP contribution in [0.5, 0.6) is 0 Å². The zero-order chi connectivity index (χ0) is 15.9. The van der Waals surface area contributed by atoms with Gasteiger partial charge in [-0.2, -0.15) is 0 Å². The largest absolute Gasteiger partial charge is 0.321 e. The first-order valence-corrected chi connectivity index (χ1v) is 7.59. The Bertz CT molecular complexity index is 693. The van der Waals surface area contributed by atoms with Gasteiger partial charge in [-0.25, -0.2) is 4.39 Å². The molecule has 1 amide bonds. The maximum absolute atomic E-state index is 12.9. The number of carbonyl (C=O) groups is 1. The van der Waals surface area contributed by atoms with Gasteiger partial charge < -0.3 is 5.32 Å². The van der Waals surface area contributed by atoms with Crippen molar-refractivity contribution in [2.75, 3.05) is 0 Å². The minimum atomic E-state index is -0.271. The Balaban J connectivity index is 2.23. The van der Waals surface area contributed by atoms with Crippen LogP contribution >= 0.6 is 11.8 Å². The molecule has 0 aromatic heterocycles. The number of hydrogen-bond acceptors (Lipinski definition) is 2. The predicted octanol–water partition coefficient (Wildman–Crippen LogP) is 4.61. The molecule has 0 aliphatic heterocycles. The Morgan fingerprint density at radius 2 is 1.77 bits per heavy atom. The zero-order valence-corrected chi connectivity index (χ0v) is 13.0. The molecule has 0 saturated heterocycles. The molecule has 0 aliphatic carbocycles. The first kappa shape index (κ1) is 16.0. The number of halogens is 1. The lowest BCUT2D eigenvalue weighted by Crippen LogP contribution is -2.22. The van der Waals surface area contributed by atoms with Crippen molar-refractivity contribution in [2.24, 2.45) is 0 Å². The summed E-state index contributed by atoms with van der Waals surface area (Å²) in [6.45, 7) is 5.30. The Kier molecular flexibility index (Phi) is 5.55. The van der Waals surface area contributed by atoms with Crippen LogP contribution in [0.3, 0.4) is 0 Å². The molecule has 0 atom stereocenters. The van der Waals surface area contributed by atoms with E-state index in [1.165, 1.54) is 23.9 Å². The van der Waals surface area contributed by atoms with Crippen LogP contribution in [0.2, 0.25) is 0 Å². The molecule has 112 valence electrons. The third kappa shape index (κ3) is 4.60. The Morgan fingerprint density at radius 1 is 1.14 bits per heavy atom. The van der Waals surface area contributed by atoms with E-state index in [1.54, 1.807) is 19.1 Å². The third-order valence-corrected chi connectivity index (χ3v) is 3.74. The predicted molar refractivity (Wildman–Crippen MR) is 89.6 cm³/mol. The number of amides is 1. The molecule has 0 fully saturated rings. The molecule has 22 heavy (non-hydrogen) atoms. The molecule has 2 aromatic carbocycles. The van der Waals surface area contributed by atoms with E-state index in [1.807, 2.05) is 35.7 Å². The van der Waals surface area contributed by atoms with Crippen LogP contribution in [0.15, 0.2) is 77.1 Å². The van der Waals surface area contributed by atoms with E-state index in [0.29, 0.717) is 11.3 Å². The van der Waals surface area contributed by atoms with Crippen molar-refractivity contribution in [1.29, 1.82) is 0 Å². The molecule has 0 aliphatic rings. The van der Waals surface area contributed by atoms with E-state index < -0.39 is 0 Å². The number of benzene rings is 2. The van der Waals surface area contributed by atoms with E-state index in [0.717, 1.165) is 10.5 Å². The molecule has 0 heterocycles. The van der Waals surface area contributed by atoms with Crippen LogP contribution in [0, 0.1) is 5.82 Å². The number of rotatable bonds is 5. The summed E-state index contributed by atoms with van der Waals surface area (Å²) in [5.41, 5.74) is 2.02. The lowest BCUT2D eigenvalue weighted by atomic mass is 10.1. The van der Waals surface area contributed by atoms with Crippen molar-refractivity contribution >= 4 is 23.4 Å². The van der Waals surface area contributed by atoms with Crippen LogP contribution < -0.4 is 5.32 Å². The quantitative estimate of drug-likeness (QED) is 0.645. The zero-order valence-electron chi connectivity index (χ0n) is 12.2. The summed E-state index contributed by atoms with van der Waals surface area (Å²) in [5, 5.41) is 4.68. The van der Waals surface area contributed by atoms with E-state index in [2.05, 4.69) is 11.9 Å². The fraction of sp³-hybridized carbons (Fsp3) is 0.0556. The topological polar surface area (TPSA) is 29.1 Å².